The van der Waals surface area contributed by atoms with Crippen molar-refractivity contribution in [1.82, 2.24) is 9.97 Å². The molecule has 0 amide bonds. The van der Waals surface area contributed by atoms with Gasteiger partial charge in [-0.05, 0) is 15.9 Å². The van der Waals surface area contributed by atoms with Gasteiger partial charge in [-0.25, -0.2) is 4.98 Å². The standard InChI is InChI=1S/C5H11IO3.C3H4N2/c1-4(2)5(3)9-6(7)8;1-2-5-3-4-1/h4-5H,1-3H3;1-3H,(H,4,5). The van der Waals surface area contributed by atoms with E-state index in [1.54, 1.807) is 25.6 Å². The lowest BCUT2D eigenvalue weighted by Crippen LogP contribution is -3.99. The molecule has 0 aliphatic rings. The van der Waals surface area contributed by atoms with Gasteiger partial charge < -0.3 is 11.9 Å². The first-order chi connectivity index (χ1) is 6.54. The van der Waals surface area contributed by atoms with E-state index in [0.717, 1.165) is 0 Å². The fourth-order valence-corrected chi connectivity index (χ4v) is 1.67. The van der Waals surface area contributed by atoms with Gasteiger partial charge in [0, 0.05) is 12.4 Å². The minimum absolute atomic E-state index is 0.162. The molecule has 0 fully saturated rings. The van der Waals surface area contributed by atoms with Crippen molar-refractivity contribution >= 4 is 0 Å². The summed E-state index contributed by atoms with van der Waals surface area (Å²) in [6, 6.07) is 0. The van der Waals surface area contributed by atoms with Crippen LogP contribution >= 0.6 is 0 Å². The average molecular weight is 314 g/mol. The summed E-state index contributed by atoms with van der Waals surface area (Å²) in [4.78, 5) is 6.42. The average Bonchev–Trinajstić information content (AvgIpc) is 2.59. The Balaban J connectivity index is 0.000000280. The highest BCUT2D eigenvalue weighted by Gasteiger charge is 2.21. The molecule has 0 aliphatic heterocycles. The van der Waals surface area contributed by atoms with Crippen LogP contribution in [-0.2, 0) is 3.07 Å². The lowest BCUT2D eigenvalue weighted by Gasteiger charge is -2.06. The Morgan fingerprint density at radius 1 is 1.36 bits per heavy atom. The molecule has 0 aromatic carbocycles. The minimum Gasteiger partial charge on any atom is -0.396 e. The number of aromatic nitrogens is 2. The fraction of sp³-hybridized carbons (Fsp3) is 0.625. The molecule has 1 atom stereocenters. The first kappa shape index (κ1) is 13.8. The number of H-pyrrole nitrogens is 1. The van der Waals surface area contributed by atoms with Crippen LogP contribution in [0.25, 0.3) is 0 Å². The van der Waals surface area contributed by atoms with Crippen molar-refractivity contribution in [3.8, 4) is 0 Å². The van der Waals surface area contributed by atoms with E-state index >= 15 is 0 Å². The highest BCUT2D eigenvalue weighted by atomic mass is 127. The molecule has 14 heavy (non-hydrogen) atoms. The lowest BCUT2D eigenvalue weighted by molar-refractivity contribution is -1.63. The zero-order valence-corrected chi connectivity index (χ0v) is 10.6. The molecular formula is C8H15IN2O3. The molecule has 1 aromatic rings. The van der Waals surface area contributed by atoms with E-state index in [2.05, 4.69) is 13.0 Å². The third kappa shape index (κ3) is 8.42. The van der Waals surface area contributed by atoms with Gasteiger partial charge in [0.25, 0.3) is 0 Å². The molecule has 0 bridgehead atoms. The first-order valence-electron chi connectivity index (χ1n) is 4.19. The van der Waals surface area contributed by atoms with Crippen molar-refractivity contribution in [2.24, 2.45) is 5.92 Å². The molecule has 1 rings (SSSR count). The Hall–Kier alpha value is -0.180. The van der Waals surface area contributed by atoms with E-state index in [9.17, 15) is 6.87 Å². The summed E-state index contributed by atoms with van der Waals surface area (Å²) >= 11 is -3.43. The number of rotatable bonds is 3. The first-order valence-corrected chi connectivity index (χ1v) is 6.83. The van der Waals surface area contributed by atoms with Gasteiger partial charge in [-0.3, -0.25) is 0 Å². The van der Waals surface area contributed by atoms with Crippen LogP contribution in [0.4, 0.5) is 0 Å². The highest BCUT2D eigenvalue weighted by Crippen LogP contribution is 1.99. The van der Waals surface area contributed by atoms with Crippen LogP contribution in [0.2, 0.25) is 0 Å². The molecule has 0 saturated heterocycles. The Labute approximate surface area is 92.6 Å². The number of nitrogens with zero attached hydrogens (tertiary/aromatic N) is 1. The van der Waals surface area contributed by atoms with Crippen LogP contribution < -0.4 is 27.9 Å². The van der Waals surface area contributed by atoms with E-state index < -0.39 is 21.1 Å². The third-order valence-corrected chi connectivity index (χ3v) is 2.78. The predicted octanol–water partition coefficient (Wildman–Crippen LogP) is -3.45. The Bertz CT molecular complexity index is 187. The van der Waals surface area contributed by atoms with Crippen molar-refractivity contribution in [3.05, 3.63) is 18.7 Å². The van der Waals surface area contributed by atoms with Crippen molar-refractivity contribution in [2.75, 3.05) is 0 Å². The molecule has 0 spiro atoms. The van der Waals surface area contributed by atoms with Gasteiger partial charge in [0.2, 0.25) is 0 Å². The van der Waals surface area contributed by atoms with Crippen molar-refractivity contribution in [3.63, 3.8) is 0 Å². The zero-order valence-electron chi connectivity index (χ0n) is 8.44. The second kappa shape index (κ2) is 8.16. The molecule has 82 valence electrons. The number of halogens is 1. The van der Waals surface area contributed by atoms with Gasteiger partial charge in [0.1, 0.15) is 0 Å². The number of hydrogen-bond donors (Lipinski definition) is 1. The summed E-state index contributed by atoms with van der Waals surface area (Å²) in [6.07, 6.45) is 4.92. The summed E-state index contributed by atoms with van der Waals surface area (Å²) in [7, 11) is 0. The SMILES string of the molecule is CC(C)C(C)O[I+2]([O-])[O-].c1c[nH]cn1. The summed E-state index contributed by atoms with van der Waals surface area (Å²) < 4.78 is 24.6. The van der Waals surface area contributed by atoms with Crippen LogP contribution in [0.1, 0.15) is 20.8 Å². The lowest BCUT2D eigenvalue weighted by atomic mass is 10.1. The maximum absolute atomic E-state index is 10.0. The van der Waals surface area contributed by atoms with Crippen LogP contribution in [0.5, 0.6) is 0 Å². The molecule has 0 saturated carbocycles. The van der Waals surface area contributed by atoms with Crippen LogP contribution in [0, 0.1) is 5.92 Å². The smallest absolute Gasteiger partial charge is 0.396 e. The number of hydrogen-bond acceptors (Lipinski definition) is 4. The normalized spacial score (nSPS) is 12.5. The van der Waals surface area contributed by atoms with E-state index in [-0.39, 0.29) is 12.0 Å². The van der Waals surface area contributed by atoms with Gasteiger partial charge >= 0.3 is 21.1 Å². The molecule has 1 unspecified atom stereocenters. The van der Waals surface area contributed by atoms with Gasteiger partial charge in [0.05, 0.1) is 6.33 Å². The van der Waals surface area contributed by atoms with E-state index in [1.165, 1.54) is 0 Å². The van der Waals surface area contributed by atoms with Crippen molar-refractivity contribution in [1.29, 1.82) is 0 Å². The van der Waals surface area contributed by atoms with Crippen LogP contribution in [0.3, 0.4) is 0 Å². The van der Waals surface area contributed by atoms with E-state index in [4.69, 9.17) is 0 Å². The maximum Gasteiger partial charge on any atom is 0.506 e. The molecule has 1 N–H and O–H groups in total. The van der Waals surface area contributed by atoms with E-state index in [0.29, 0.717) is 0 Å². The molecular weight excluding hydrogens is 299 g/mol. The highest BCUT2D eigenvalue weighted by molar-refractivity contribution is 4.64. The summed E-state index contributed by atoms with van der Waals surface area (Å²) in [5, 5.41) is 0. The quantitative estimate of drug-likeness (QED) is 0.588. The summed E-state index contributed by atoms with van der Waals surface area (Å²) in [5.74, 6) is 0.271. The summed E-state index contributed by atoms with van der Waals surface area (Å²) in [5.41, 5.74) is 0. The second-order valence-electron chi connectivity index (χ2n) is 2.99. The Morgan fingerprint density at radius 2 is 2.00 bits per heavy atom. The summed E-state index contributed by atoms with van der Waals surface area (Å²) in [6.45, 7) is 5.60. The molecule has 0 aliphatic carbocycles. The molecule has 5 nitrogen and oxygen atoms in total. The van der Waals surface area contributed by atoms with Crippen molar-refractivity contribution in [2.45, 2.75) is 26.9 Å². The second-order valence-corrected chi connectivity index (χ2v) is 4.58. The predicted molar refractivity (Wildman–Crippen MR) is 44.0 cm³/mol. The largest absolute Gasteiger partial charge is 0.506 e. The van der Waals surface area contributed by atoms with Crippen molar-refractivity contribution < 1.29 is 31.0 Å². The minimum atomic E-state index is -3.43. The Morgan fingerprint density at radius 3 is 2.14 bits per heavy atom. The Kier molecular flexibility index (Phi) is 8.05. The van der Waals surface area contributed by atoms with Gasteiger partial charge in [-0.1, -0.05) is 13.8 Å². The van der Waals surface area contributed by atoms with Crippen LogP contribution in [0.15, 0.2) is 18.7 Å². The van der Waals surface area contributed by atoms with Crippen LogP contribution in [-0.4, -0.2) is 16.1 Å². The number of imidazole rings is 1. The van der Waals surface area contributed by atoms with Gasteiger partial charge in [-0.15, -0.1) is 0 Å². The van der Waals surface area contributed by atoms with Gasteiger partial charge in [-0.2, -0.15) is 0 Å². The molecule has 0 radical (unpaired) electrons. The number of aromatic amines is 1. The third-order valence-electron chi connectivity index (χ3n) is 1.56. The monoisotopic (exact) mass is 314 g/mol. The topological polar surface area (TPSA) is 84.0 Å². The molecule has 1 aromatic heterocycles. The maximum atomic E-state index is 10.0. The molecule has 6 heteroatoms. The van der Waals surface area contributed by atoms with Gasteiger partial charge in [0.15, 0.2) is 6.10 Å². The van der Waals surface area contributed by atoms with E-state index in [1.807, 2.05) is 13.8 Å². The fourth-order valence-electron chi connectivity index (χ4n) is 0.433. The zero-order chi connectivity index (χ0) is 11.0. The number of nitrogens with one attached hydrogen (secondary N) is 1. The molecule has 1 heterocycles.